The molecular formula is C15H19ClO2S. The van der Waals surface area contributed by atoms with Crippen molar-refractivity contribution in [2.75, 3.05) is 5.75 Å². The molecule has 1 N–H and O–H groups in total. The van der Waals surface area contributed by atoms with Gasteiger partial charge in [0.2, 0.25) is 0 Å². The second-order valence-corrected chi connectivity index (χ2v) is 5.81. The number of hydrogen-bond donors (Lipinski definition) is 1. The number of benzene rings is 1. The quantitative estimate of drug-likeness (QED) is 0.395. The van der Waals surface area contributed by atoms with Crippen LogP contribution in [0, 0.1) is 0 Å². The smallest absolute Gasteiger partial charge is 0.303 e. The molecule has 0 saturated heterocycles. The number of carboxylic acids is 1. The summed E-state index contributed by atoms with van der Waals surface area (Å²) in [5.41, 5.74) is 0. The molecule has 1 aromatic carbocycles. The number of carbonyl (C=O) groups is 1. The van der Waals surface area contributed by atoms with E-state index in [0.717, 1.165) is 36.5 Å². The topological polar surface area (TPSA) is 37.3 Å². The largest absolute Gasteiger partial charge is 0.481 e. The van der Waals surface area contributed by atoms with E-state index in [-0.39, 0.29) is 6.42 Å². The first-order valence-corrected chi connectivity index (χ1v) is 7.80. The Hall–Kier alpha value is -0.930. The monoisotopic (exact) mass is 298 g/mol. The molecule has 0 saturated carbocycles. The zero-order valence-electron chi connectivity index (χ0n) is 10.8. The zero-order chi connectivity index (χ0) is 13.9. The van der Waals surface area contributed by atoms with Crippen LogP contribution in [-0.2, 0) is 4.79 Å². The predicted octanol–water partition coefficient (Wildman–Crippen LogP) is 5.02. The SMILES string of the molecule is O=C(O)CCCC=CCCCSc1ccc(Cl)cc1. The summed E-state index contributed by atoms with van der Waals surface area (Å²) in [4.78, 5) is 11.5. The average molecular weight is 299 g/mol. The molecule has 0 atom stereocenters. The second kappa shape index (κ2) is 9.93. The summed E-state index contributed by atoms with van der Waals surface area (Å²) in [5.74, 6) is 0.369. The summed E-state index contributed by atoms with van der Waals surface area (Å²) < 4.78 is 0. The van der Waals surface area contributed by atoms with E-state index in [1.54, 1.807) is 0 Å². The van der Waals surface area contributed by atoms with Gasteiger partial charge < -0.3 is 5.11 Å². The van der Waals surface area contributed by atoms with E-state index in [1.807, 2.05) is 36.0 Å². The molecule has 0 aliphatic heterocycles. The molecule has 104 valence electrons. The van der Waals surface area contributed by atoms with E-state index in [9.17, 15) is 4.79 Å². The molecule has 0 spiro atoms. The lowest BCUT2D eigenvalue weighted by molar-refractivity contribution is -0.137. The fraction of sp³-hybridized carbons (Fsp3) is 0.400. The maximum absolute atomic E-state index is 10.3. The van der Waals surface area contributed by atoms with Crippen LogP contribution in [0.5, 0.6) is 0 Å². The molecule has 0 heterocycles. The number of hydrogen-bond acceptors (Lipinski definition) is 2. The van der Waals surface area contributed by atoms with Gasteiger partial charge in [-0.1, -0.05) is 23.8 Å². The van der Waals surface area contributed by atoms with E-state index in [4.69, 9.17) is 16.7 Å². The number of aliphatic carboxylic acids is 1. The third-order valence-electron chi connectivity index (χ3n) is 2.53. The summed E-state index contributed by atoms with van der Waals surface area (Å²) >= 11 is 7.65. The lowest BCUT2D eigenvalue weighted by atomic mass is 10.2. The fourth-order valence-electron chi connectivity index (χ4n) is 1.53. The standard InChI is InChI=1S/C15H19ClO2S/c16-13-8-10-14(11-9-13)19-12-6-4-2-1-3-5-7-15(17)18/h1-2,8-11H,3-7,12H2,(H,17,18). The first-order valence-electron chi connectivity index (χ1n) is 6.43. The van der Waals surface area contributed by atoms with Crippen molar-refractivity contribution in [3.63, 3.8) is 0 Å². The average Bonchev–Trinajstić information content (AvgIpc) is 2.38. The molecule has 0 radical (unpaired) electrons. The molecule has 0 unspecified atom stereocenters. The van der Waals surface area contributed by atoms with Gasteiger partial charge in [0.25, 0.3) is 0 Å². The Bertz CT molecular complexity index is 401. The Kier molecular flexibility index (Phi) is 8.43. The Morgan fingerprint density at radius 3 is 2.42 bits per heavy atom. The molecule has 0 aliphatic rings. The van der Waals surface area contributed by atoms with Crippen molar-refractivity contribution in [3.8, 4) is 0 Å². The first kappa shape index (κ1) is 16.1. The van der Waals surface area contributed by atoms with Crippen LogP contribution in [0.25, 0.3) is 0 Å². The van der Waals surface area contributed by atoms with Crippen molar-refractivity contribution in [1.82, 2.24) is 0 Å². The first-order chi connectivity index (χ1) is 9.18. The van der Waals surface area contributed by atoms with Crippen molar-refractivity contribution >= 4 is 29.3 Å². The molecule has 0 fully saturated rings. The predicted molar refractivity (Wildman–Crippen MR) is 82.0 cm³/mol. The number of thioether (sulfide) groups is 1. The van der Waals surface area contributed by atoms with Gasteiger partial charge in [-0.15, -0.1) is 11.8 Å². The van der Waals surface area contributed by atoms with Gasteiger partial charge in [-0.05, 0) is 55.7 Å². The van der Waals surface area contributed by atoms with Crippen LogP contribution in [0.2, 0.25) is 5.02 Å². The highest BCUT2D eigenvalue weighted by Gasteiger charge is 1.94. The van der Waals surface area contributed by atoms with E-state index < -0.39 is 5.97 Å². The van der Waals surface area contributed by atoms with Crippen molar-refractivity contribution in [2.24, 2.45) is 0 Å². The number of allylic oxidation sites excluding steroid dienone is 2. The molecule has 2 nitrogen and oxygen atoms in total. The fourth-order valence-corrected chi connectivity index (χ4v) is 2.53. The summed E-state index contributed by atoms with van der Waals surface area (Å²) in [5, 5.41) is 9.25. The van der Waals surface area contributed by atoms with Gasteiger partial charge in [0.05, 0.1) is 0 Å². The highest BCUT2D eigenvalue weighted by molar-refractivity contribution is 7.99. The lowest BCUT2D eigenvalue weighted by Crippen LogP contribution is -1.92. The van der Waals surface area contributed by atoms with Gasteiger partial charge >= 0.3 is 5.97 Å². The van der Waals surface area contributed by atoms with Crippen LogP contribution in [0.4, 0.5) is 0 Å². The van der Waals surface area contributed by atoms with Gasteiger partial charge in [-0.2, -0.15) is 0 Å². The van der Waals surface area contributed by atoms with Gasteiger partial charge in [-0.3, -0.25) is 4.79 Å². The Morgan fingerprint density at radius 1 is 1.16 bits per heavy atom. The number of rotatable bonds is 9. The van der Waals surface area contributed by atoms with E-state index >= 15 is 0 Å². The third-order valence-corrected chi connectivity index (χ3v) is 3.88. The third kappa shape index (κ3) is 8.73. The van der Waals surface area contributed by atoms with Crippen LogP contribution in [0.15, 0.2) is 41.3 Å². The van der Waals surface area contributed by atoms with Gasteiger partial charge in [0.1, 0.15) is 0 Å². The van der Waals surface area contributed by atoms with Crippen molar-refractivity contribution < 1.29 is 9.90 Å². The zero-order valence-corrected chi connectivity index (χ0v) is 12.4. The van der Waals surface area contributed by atoms with Crippen LogP contribution in [-0.4, -0.2) is 16.8 Å². The van der Waals surface area contributed by atoms with E-state index in [0.29, 0.717) is 0 Å². The van der Waals surface area contributed by atoms with Crippen LogP contribution < -0.4 is 0 Å². The number of unbranched alkanes of at least 4 members (excludes halogenated alkanes) is 2. The molecule has 1 aromatic rings. The molecule has 0 amide bonds. The van der Waals surface area contributed by atoms with E-state index in [2.05, 4.69) is 12.2 Å². The van der Waals surface area contributed by atoms with Crippen molar-refractivity contribution in [2.45, 2.75) is 37.0 Å². The highest BCUT2D eigenvalue weighted by atomic mass is 35.5. The molecule has 1 rings (SSSR count). The van der Waals surface area contributed by atoms with Crippen LogP contribution in [0.3, 0.4) is 0 Å². The number of halogens is 1. The minimum absolute atomic E-state index is 0.261. The lowest BCUT2D eigenvalue weighted by Gasteiger charge is -2.00. The molecule has 19 heavy (non-hydrogen) atoms. The molecule has 0 aliphatic carbocycles. The Labute approximate surface area is 123 Å². The summed E-state index contributed by atoms with van der Waals surface area (Å²) in [7, 11) is 0. The Balaban J connectivity index is 2.00. The summed E-state index contributed by atoms with van der Waals surface area (Å²) in [6.07, 6.45) is 8.25. The molecule has 4 heteroatoms. The minimum Gasteiger partial charge on any atom is -0.481 e. The maximum atomic E-state index is 10.3. The van der Waals surface area contributed by atoms with Crippen LogP contribution in [0.1, 0.15) is 32.1 Å². The Morgan fingerprint density at radius 2 is 1.79 bits per heavy atom. The molecular weight excluding hydrogens is 280 g/mol. The molecule has 0 bridgehead atoms. The highest BCUT2D eigenvalue weighted by Crippen LogP contribution is 2.21. The van der Waals surface area contributed by atoms with Gasteiger partial charge in [0.15, 0.2) is 0 Å². The van der Waals surface area contributed by atoms with Crippen molar-refractivity contribution in [3.05, 3.63) is 41.4 Å². The van der Waals surface area contributed by atoms with E-state index in [1.165, 1.54) is 4.90 Å². The maximum Gasteiger partial charge on any atom is 0.303 e. The van der Waals surface area contributed by atoms with Crippen LogP contribution >= 0.6 is 23.4 Å². The minimum atomic E-state index is -0.715. The normalized spacial score (nSPS) is 11.0. The van der Waals surface area contributed by atoms with Gasteiger partial charge in [0, 0.05) is 16.3 Å². The van der Waals surface area contributed by atoms with Gasteiger partial charge in [-0.25, -0.2) is 0 Å². The number of carboxylic acid groups (broad SMARTS) is 1. The second-order valence-electron chi connectivity index (χ2n) is 4.20. The molecule has 0 aromatic heterocycles. The summed E-state index contributed by atoms with van der Waals surface area (Å²) in [6, 6.07) is 7.89. The summed E-state index contributed by atoms with van der Waals surface area (Å²) in [6.45, 7) is 0. The van der Waals surface area contributed by atoms with Crippen molar-refractivity contribution in [1.29, 1.82) is 0 Å².